The Morgan fingerprint density at radius 3 is 2.65 bits per heavy atom. The molecule has 0 saturated heterocycles. The highest BCUT2D eigenvalue weighted by Crippen LogP contribution is 2.34. The second kappa shape index (κ2) is 4.76. The number of carbonyl (C=O) groups is 1. The van der Waals surface area contributed by atoms with Crippen molar-refractivity contribution in [3.8, 4) is 10.6 Å². The van der Waals surface area contributed by atoms with E-state index in [0.717, 1.165) is 22.3 Å². The van der Waals surface area contributed by atoms with Crippen LogP contribution in [-0.2, 0) is 0 Å². The largest absolute Gasteiger partial charge is 0.294 e. The van der Waals surface area contributed by atoms with Crippen LogP contribution in [0.3, 0.4) is 0 Å². The highest BCUT2D eigenvalue weighted by atomic mass is 32.1. The third-order valence-electron chi connectivity index (χ3n) is 2.94. The number of halogens is 2. The molecule has 1 aromatic heterocycles. The number of rotatable bonds is 2. The van der Waals surface area contributed by atoms with E-state index in [0.29, 0.717) is 5.01 Å². The van der Waals surface area contributed by atoms with Crippen LogP contribution >= 0.6 is 11.3 Å². The maximum atomic E-state index is 14.1. The molecule has 0 saturated carbocycles. The van der Waals surface area contributed by atoms with E-state index >= 15 is 0 Å². The van der Waals surface area contributed by atoms with E-state index in [9.17, 15) is 13.6 Å². The molecule has 0 radical (unpaired) electrons. The van der Waals surface area contributed by atoms with Crippen molar-refractivity contribution >= 4 is 27.3 Å². The Morgan fingerprint density at radius 1 is 1.20 bits per heavy atom. The topological polar surface area (TPSA) is 30.0 Å². The van der Waals surface area contributed by atoms with Gasteiger partial charge in [-0.1, -0.05) is 12.1 Å². The van der Waals surface area contributed by atoms with E-state index in [2.05, 4.69) is 4.98 Å². The van der Waals surface area contributed by atoms with E-state index in [-0.39, 0.29) is 11.1 Å². The van der Waals surface area contributed by atoms with Crippen LogP contribution in [0.4, 0.5) is 8.78 Å². The second-order valence-corrected chi connectivity index (χ2v) is 5.38. The Bertz CT molecular complexity index is 793. The Balaban J connectivity index is 2.30. The van der Waals surface area contributed by atoms with E-state index in [4.69, 9.17) is 0 Å². The van der Waals surface area contributed by atoms with Crippen molar-refractivity contribution in [1.29, 1.82) is 0 Å². The Labute approximate surface area is 117 Å². The monoisotopic (exact) mass is 289 g/mol. The van der Waals surface area contributed by atoms with Crippen LogP contribution in [0.25, 0.3) is 20.8 Å². The Kier molecular flexibility index (Phi) is 3.06. The van der Waals surface area contributed by atoms with Gasteiger partial charge in [-0.2, -0.15) is 0 Å². The third-order valence-corrected chi connectivity index (χ3v) is 4.00. The normalized spacial score (nSPS) is 10.9. The lowest BCUT2D eigenvalue weighted by atomic mass is 10.0. The van der Waals surface area contributed by atoms with Gasteiger partial charge in [0.1, 0.15) is 16.6 Å². The van der Waals surface area contributed by atoms with Gasteiger partial charge >= 0.3 is 0 Å². The summed E-state index contributed by atoms with van der Waals surface area (Å²) in [5.74, 6) is -1.93. The van der Waals surface area contributed by atoms with Gasteiger partial charge in [-0.25, -0.2) is 13.8 Å². The lowest BCUT2D eigenvalue weighted by Gasteiger charge is -2.05. The minimum absolute atomic E-state index is 0.0153. The average molecular weight is 289 g/mol. The van der Waals surface area contributed by atoms with E-state index in [1.165, 1.54) is 18.3 Å². The number of para-hydroxylation sites is 1. The molecule has 100 valence electrons. The summed E-state index contributed by atoms with van der Waals surface area (Å²) in [6.07, 6.45) is 0. The van der Waals surface area contributed by atoms with Crippen LogP contribution < -0.4 is 0 Å². The number of thiazole rings is 1. The molecule has 3 rings (SSSR count). The zero-order valence-electron chi connectivity index (χ0n) is 10.5. The van der Waals surface area contributed by atoms with Gasteiger partial charge in [0.15, 0.2) is 5.78 Å². The number of carbonyl (C=O) groups excluding carboxylic acids is 1. The van der Waals surface area contributed by atoms with Crippen molar-refractivity contribution in [3.05, 3.63) is 53.6 Å². The summed E-state index contributed by atoms with van der Waals surface area (Å²) in [4.78, 5) is 15.9. The average Bonchev–Trinajstić information content (AvgIpc) is 2.80. The van der Waals surface area contributed by atoms with Crippen LogP contribution in [0, 0.1) is 11.6 Å². The zero-order valence-corrected chi connectivity index (χ0v) is 11.3. The molecule has 0 aliphatic heterocycles. The molecule has 0 bridgehead atoms. The van der Waals surface area contributed by atoms with E-state index in [1.54, 1.807) is 0 Å². The lowest BCUT2D eigenvalue weighted by Crippen LogP contribution is -2.00. The smallest absolute Gasteiger partial charge is 0.160 e. The summed E-state index contributed by atoms with van der Waals surface area (Å²) in [7, 11) is 0. The lowest BCUT2D eigenvalue weighted by molar-refractivity contribution is 0.101. The van der Waals surface area contributed by atoms with Gasteiger partial charge in [0, 0.05) is 11.6 Å². The highest BCUT2D eigenvalue weighted by molar-refractivity contribution is 7.21. The fourth-order valence-corrected chi connectivity index (χ4v) is 3.07. The summed E-state index contributed by atoms with van der Waals surface area (Å²) in [6.45, 7) is 1.28. The molecule has 0 aliphatic carbocycles. The maximum absolute atomic E-state index is 14.1. The third kappa shape index (κ3) is 2.10. The first-order chi connectivity index (χ1) is 9.56. The van der Waals surface area contributed by atoms with Crippen LogP contribution in [0.15, 0.2) is 36.4 Å². The summed E-state index contributed by atoms with van der Waals surface area (Å²) in [6, 6.07) is 9.19. The number of ketones is 1. The SMILES string of the molecule is CC(=O)c1cc(F)cc(F)c1-c1nc2ccccc2s1. The molecule has 0 fully saturated rings. The fourth-order valence-electron chi connectivity index (χ4n) is 2.05. The van der Waals surface area contributed by atoms with Crippen LogP contribution in [0.5, 0.6) is 0 Å². The molecule has 5 heteroatoms. The Morgan fingerprint density at radius 2 is 1.95 bits per heavy atom. The first-order valence-corrected chi connectivity index (χ1v) is 6.74. The number of benzene rings is 2. The van der Waals surface area contributed by atoms with E-state index in [1.807, 2.05) is 24.3 Å². The van der Waals surface area contributed by atoms with Crippen LogP contribution in [-0.4, -0.2) is 10.8 Å². The molecular weight excluding hydrogens is 280 g/mol. The minimum atomic E-state index is -0.769. The van der Waals surface area contributed by atoms with Gasteiger partial charge < -0.3 is 0 Å². The number of nitrogens with zero attached hydrogens (tertiary/aromatic N) is 1. The van der Waals surface area contributed by atoms with Crippen LogP contribution in [0.2, 0.25) is 0 Å². The van der Waals surface area contributed by atoms with Gasteiger partial charge in [-0.15, -0.1) is 11.3 Å². The standard InChI is InChI=1S/C15H9F2NOS/c1-8(19)10-6-9(16)7-11(17)14(10)15-18-12-4-2-3-5-13(12)20-15/h2-7H,1H3. The number of fused-ring (bicyclic) bond motifs is 1. The molecule has 3 aromatic rings. The summed E-state index contributed by atoms with van der Waals surface area (Å²) in [5.41, 5.74) is 0.812. The second-order valence-electron chi connectivity index (χ2n) is 4.35. The van der Waals surface area contributed by atoms with Gasteiger partial charge in [0.05, 0.1) is 15.8 Å². The molecule has 0 unspecified atom stereocenters. The predicted octanol–water partition coefficient (Wildman–Crippen LogP) is 4.44. The first-order valence-electron chi connectivity index (χ1n) is 5.92. The summed E-state index contributed by atoms with van der Waals surface area (Å²) >= 11 is 1.28. The number of Topliss-reactive ketones (excluding diaryl/α,β-unsaturated/α-hetero) is 1. The molecule has 1 heterocycles. The summed E-state index contributed by atoms with van der Waals surface area (Å²) in [5, 5.41) is 0.383. The molecule has 0 spiro atoms. The highest BCUT2D eigenvalue weighted by Gasteiger charge is 2.19. The molecule has 0 atom stereocenters. The molecule has 2 aromatic carbocycles. The van der Waals surface area contributed by atoms with Gasteiger partial charge in [-0.3, -0.25) is 4.79 Å². The molecule has 2 nitrogen and oxygen atoms in total. The van der Waals surface area contributed by atoms with Crippen LogP contribution in [0.1, 0.15) is 17.3 Å². The number of aromatic nitrogens is 1. The first kappa shape index (κ1) is 12.9. The van der Waals surface area contributed by atoms with Gasteiger partial charge in [0.25, 0.3) is 0 Å². The van der Waals surface area contributed by atoms with Crippen molar-refractivity contribution < 1.29 is 13.6 Å². The molecule has 0 amide bonds. The number of hydrogen-bond donors (Lipinski definition) is 0. The molecule has 0 N–H and O–H groups in total. The predicted molar refractivity (Wildman–Crippen MR) is 75.0 cm³/mol. The van der Waals surface area contributed by atoms with Gasteiger partial charge in [-0.05, 0) is 25.1 Å². The minimum Gasteiger partial charge on any atom is -0.294 e. The molecule has 0 aliphatic rings. The van der Waals surface area contributed by atoms with Crippen molar-refractivity contribution in [2.75, 3.05) is 0 Å². The van der Waals surface area contributed by atoms with Crippen molar-refractivity contribution in [3.63, 3.8) is 0 Å². The van der Waals surface area contributed by atoms with Crippen molar-refractivity contribution in [1.82, 2.24) is 4.98 Å². The molecular formula is C15H9F2NOS. The van der Waals surface area contributed by atoms with Crippen molar-refractivity contribution in [2.45, 2.75) is 6.92 Å². The van der Waals surface area contributed by atoms with Crippen molar-refractivity contribution in [2.24, 2.45) is 0 Å². The maximum Gasteiger partial charge on any atom is 0.160 e. The van der Waals surface area contributed by atoms with E-state index < -0.39 is 17.4 Å². The quantitative estimate of drug-likeness (QED) is 0.653. The molecule has 20 heavy (non-hydrogen) atoms. The zero-order chi connectivity index (χ0) is 14.3. The Hall–Kier alpha value is -2.14. The summed E-state index contributed by atoms with van der Waals surface area (Å²) < 4.78 is 28.2. The van der Waals surface area contributed by atoms with Gasteiger partial charge in [0.2, 0.25) is 0 Å². The fraction of sp³-hybridized carbons (Fsp3) is 0.0667. The number of hydrogen-bond acceptors (Lipinski definition) is 3.